The smallest absolute Gasteiger partial charge is 0.313 e. The second-order valence-electron chi connectivity index (χ2n) is 7.09. The van der Waals surface area contributed by atoms with Crippen LogP contribution < -0.4 is 5.32 Å². The Bertz CT molecular complexity index is 983. The molecule has 0 saturated heterocycles. The molecule has 150 valence electrons. The Morgan fingerprint density at radius 2 is 1.83 bits per heavy atom. The predicted molar refractivity (Wildman–Crippen MR) is 114 cm³/mol. The molecule has 0 aliphatic carbocycles. The van der Waals surface area contributed by atoms with Crippen LogP contribution in [0.15, 0.2) is 70.9 Å². The van der Waals surface area contributed by atoms with Crippen LogP contribution in [0.3, 0.4) is 0 Å². The van der Waals surface area contributed by atoms with Crippen molar-refractivity contribution < 1.29 is 14.7 Å². The van der Waals surface area contributed by atoms with Crippen LogP contribution in [0.1, 0.15) is 30.9 Å². The number of carbonyl (C=O) groups excluding carboxylic acids is 1. The lowest BCUT2D eigenvalue weighted by atomic mass is 9.75. The van der Waals surface area contributed by atoms with Crippen molar-refractivity contribution in [3.63, 3.8) is 0 Å². The third kappa shape index (κ3) is 4.74. The lowest BCUT2D eigenvalue weighted by Crippen LogP contribution is -2.38. The maximum absolute atomic E-state index is 13.1. The van der Waals surface area contributed by atoms with Gasteiger partial charge in [0.1, 0.15) is 5.92 Å². The maximum Gasteiger partial charge on any atom is 0.313 e. The molecule has 0 fully saturated rings. The highest BCUT2D eigenvalue weighted by Crippen LogP contribution is 2.39. The van der Waals surface area contributed by atoms with Crippen LogP contribution in [-0.2, 0) is 16.0 Å². The molecule has 1 heterocycles. The number of carbonyl (C=O) groups is 2. The van der Waals surface area contributed by atoms with Gasteiger partial charge in [0.05, 0.1) is 0 Å². The fourth-order valence-electron chi connectivity index (χ4n) is 3.77. The first-order valence-corrected chi connectivity index (χ1v) is 9.82. The first-order valence-electron chi connectivity index (χ1n) is 9.45. The number of carboxylic acids is 1. The van der Waals surface area contributed by atoms with E-state index in [2.05, 4.69) is 10.3 Å². The van der Waals surface area contributed by atoms with E-state index in [0.717, 1.165) is 5.56 Å². The van der Waals surface area contributed by atoms with Gasteiger partial charge in [-0.15, -0.1) is 0 Å². The summed E-state index contributed by atoms with van der Waals surface area (Å²) in [5.41, 5.74) is 3.18. The minimum atomic E-state index is -1.02. The van der Waals surface area contributed by atoms with E-state index in [-0.39, 0.29) is 5.91 Å². The van der Waals surface area contributed by atoms with Crippen molar-refractivity contribution in [2.24, 2.45) is 10.9 Å². The van der Waals surface area contributed by atoms with Crippen LogP contribution in [0.4, 0.5) is 0 Å². The summed E-state index contributed by atoms with van der Waals surface area (Å²) in [5, 5.41) is 13.3. The topological polar surface area (TPSA) is 78.8 Å². The average molecular weight is 411 g/mol. The van der Waals surface area contributed by atoms with Gasteiger partial charge in [0.15, 0.2) is 0 Å². The Morgan fingerprint density at radius 3 is 2.48 bits per heavy atom. The third-order valence-electron chi connectivity index (χ3n) is 5.09. The van der Waals surface area contributed by atoms with Crippen LogP contribution in [0, 0.1) is 5.92 Å². The maximum atomic E-state index is 13.1. The molecule has 2 unspecified atom stereocenters. The molecule has 5 nitrogen and oxygen atoms in total. The predicted octanol–water partition coefficient (Wildman–Crippen LogP) is 4.23. The second kappa shape index (κ2) is 9.05. The number of benzene rings is 2. The highest BCUT2D eigenvalue weighted by molar-refractivity contribution is 6.30. The average Bonchev–Trinajstić information content (AvgIpc) is 2.67. The largest absolute Gasteiger partial charge is 0.481 e. The second-order valence-corrected chi connectivity index (χ2v) is 7.53. The Balaban J connectivity index is 1.90. The molecule has 2 aromatic carbocycles. The fraction of sp³-hybridized carbons (Fsp3) is 0.261. The molecule has 0 spiro atoms. The number of rotatable bonds is 6. The zero-order valence-corrected chi connectivity index (χ0v) is 17.1. The zero-order valence-electron chi connectivity index (χ0n) is 16.4. The monoisotopic (exact) mass is 410 g/mol. The molecule has 6 heteroatoms. The number of nitrogens with zero attached hydrogens (tertiary/aromatic N) is 1. The van der Waals surface area contributed by atoms with Gasteiger partial charge in [-0.05, 0) is 43.5 Å². The summed E-state index contributed by atoms with van der Waals surface area (Å²) in [6, 6.07) is 16.9. The molecular formula is C23H23ClN2O3. The number of hydrogen-bond acceptors (Lipinski definition) is 3. The number of aliphatic imine (C=N–C) groups is 1. The normalized spacial score (nSPS) is 18.9. The third-order valence-corrected chi connectivity index (χ3v) is 5.32. The first-order chi connectivity index (χ1) is 13.9. The summed E-state index contributed by atoms with van der Waals surface area (Å²) in [6.07, 6.45) is 0.686. The summed E-state index contributed by atoms with van der Waals surface area (Å²) in [7, 11) is 0. The van der Waals surface area contributed by atoms with Crippen LogP contribution in [-0.4, -0.2) is 29.2 Å². The van der Waals surface area contributed by atoms with Gasteiger partial charge in [0, 0.05) is 34.5 Å². The minimum Gasteiger partial charge on any atom is -0.481 e. The van der Waals surface area contributed by atoms with E-state index < -0.39 is 17.8 Å². The van der Waals surface area contributed by atoms with Crippen molar-refractivity contribution in [2.75, 3.05) is 6.54 Å². The Kier molecular flexibility index (Phi) is 6.49. The van der Waals surface area contributed by atoms with Crippen molar-refractivity contribution >= 4 is 29.2 Å². The van der Waals surface area contributed by atoms with Crippen LogP contribution >= 0.6 is 11.6 Å². The summed E-state index contributed by atoms with van der Waals surface area (Å²) in [6.45, 7) is 3.87. The highest BCUT2D eigenvalue weighted by Gasteiger charge is 2.40. The van der Waals surface area contributed by atoms with Gasteiger partial charge in [0.25, 0.3) is 0 Å². The van der Waals surface area contributed by atoms with Gasteiger partial charge >= 0.3 is 5.97 Å². The van der Waals surface area contributed by atoms with Crippen LogP contribution in [0.2, 0.25) is 5.02 Å². The quantitative estimate of drug-likeness (QED) is 0.747. The van der Waals surface area contributed by atoms with E-state index in [1.807, 2.05) is 30.3 Å². The number of amides is 1. The fourth-order valence-corrected chi connectivity index (χ4v) is 3.97. The number of hydrogen-bond donors (Lipinski definition) is 2. The molecule has 1 aliphatic rings. The number of nitrogens with one attached hydrogen (secondary N) is 1. The number of aliphatic carboxylic acids is 1. The zero-order chi connectivity index (χ0) is 21.0. The molecule has 2 N–H and O–H groups in total. The SMILES string of the molecule is CC1=NC(C)=C(C(=O)NCCc2ccccc2)C(c2cccc(Cl)c2)C1C(=O)O. The van der Waals surface area contributed by atoms with Crippen molar-refractivity contribution in [1.82, 2.24) is 5.32 Å². The number of halogens is 1. The molecule has 2 atom stereocenters. The molecule has 29 heavy (non-hydrogen) atoms. The van der Waals surface area contributed by atoms with E-state index in [9.17, 15) is 14.7 Å². The molecular weight excluding hydrogens is 388 g/mol. The molecule has 3 rings (SSSR count). The van der Waals surface area contributed by atoms with Gasteiger partial charge in [-0.1, -0.05) is 54.1 Å². The van der Waals surface area contributed by atoms with Crippen molar-refractivity contribution in [1.29, 1.82) is 0 Å². The highest BCUT2D eigenvalue weighted by atomic mass is 35.5. The molecule has 0 bridgehead atoms. The lowest BCUT2D eigenvalue weighted by molar-refractivity contribution is -0.139. The number of carboxylic acid groups (broad SMARTS) is 1. The number of allylic oxidation sites excluding steroid dienone is 1. The van der Waals surface area contributed by atoms with Gasteiger partial charge in [0.2, 0.25) is 5.91 Å². The Morgan fingerprint density at radius 1 is 1.10 bits per heavy atom. The summed E-state index contributed by atoms with van der Waals surface area (Å²) in [5.74, 6) is -2.89. The van der Waals surface area contributed by atoms with Gasteiger partial charge in [-0.3, -0.25) is 14.6 Å². The van der Waals surface area contributed by atoms with Crippen molar-refractivity contribution in [3.8, 4) is 0 Å². The van der Waals surface area contributed by atoms with Crippen LogP contribution in [0.5, 0.6) is 0 Å². The molecule has 0 aromatic heterocycles. The van der Waals surface area contributed by atoms with E-state index in [4.69, 9.17) is 11.6 Å². The summed E-state index contributed by atoms with van der Waals surface area (Å²) < 4.78 is 0. The van der Waals surface area contributed by atoms with Crippen LogP contribution in [0.25, 0.3) is 0 Å². The minimum absolute atomic E-state index is 0.300. The van der Waals surface area contributed by atoms with Gasteiger partial charge in [-0.25, -0.2) is 0 Å². The lowest BCUT2D eigenvalue weighted by Gasteiger charge is -2.31. The van der Waals surface area contributed by atoms with E-state index in [0.29, 0.717) is 40.5 Å². The van der Waals surface area contributed by atoms with E-state index >= 15 is 0 Å². The summed E-state index contributed by atoms with van der Waals surface area (Å²) >= 11 is 6.15. The summed E-state index contributed by atoms with van der Waals surface area (Å²) in [4.78, 5) is 29.5. The Labute approximate surface area is 175 Å². The van der Waals surface area contributed by atoms with Crippen molar-refractivity contribution in [2.45, 2.75) is 26.2 Å². The Hall–Kier alpha value is -2.92. The molecule has 2 aromatic rings. The molecule has 0 radical (unpaired) electrons. The molecule has 1 amide bonds. The standard InChI is InChI=1S/C23H23ClN2O3/c1-14-19(22(27)25-12-11-16-7-4-3-5-8-16)21(17-9-6-10-18(24)13-17)20(23(28)29)15(2)26-14/h3-10,13,20-21H,11-12H2,1-2H3,(H,25,27)(H,28,29). The van der Waals surface area contributed by atoms with Gasteiger partial charge in [-0.2, -0.15) is 0 Å². The molecule has 0 saturated carbocycles. The van der Waals surface area contributed by atoms with Crippen molar-refractivity contribution in [3.05, 3.63) is 82.0 Å². The molecule has 1 aliphatic heterocycles. The first kappa shape index (κ1) is 20.8. The van der Waals surface area contributed by atoms with Gasteiger partial charge < -0.3 is 10.4 Å². The van der Waals surface area contributed by atoms with E-state index in [1.54, 1.807) is 38.1 Å². The van der Waals surface area contributed by atoms with E-state index in [1.165, 1.54) is 0 Å².